The van der Waals surface area contributed by atoms with Crippen molar-refractivity contribution in [1.82, 2.24) is 0 Å². The zero-order valence-corrected chi connectivity index (χ0v) is 10.7. The van der Waals surface area contributed by atoms with Gasteiger partial charge in [-0.15, -0.1) is 0 Å². The van der Waals surface area contributed by atoms with E-state index in [4.69, 9.17) is 22.1 Å². The molecule has 4 heteroatoms. The van der Waals surface area contributed by atoms with Gasteiger partial charge in [0.25, 0.3) is 0 Å². The molecule has 0 amide bonds. The van der Waals surface area contributed by atoms with Gasteiger partial charge < -0.3 is 10.5 Å². The number of nitrogens with two attached hydrogens (primary N) is 1. The van der Waals surface area contributed by atoms with Crippen molar-refractivity contribution in [3.63, 3.8) is 0 Å². The molecule has 0 bridgehead atoms. The second kappa shape index (κ2) is 7.35. The van der Waals surface area contributed by atoms with E-state index in [1.165, 1.54) is 7.11 Å². The van der Waals surface area contributed by atoms with E-state index in [0.717, 1.165) is 11.3 Å². The van der Waals surface area contributed by atoms with Crippen molar-refractivity contribution >= 4 is 23.6 Å². The van der Waals surface area contributed by atoms with Gasteiger partial charge >= 0.3 is 0 Å². The maximum Gasteiger partial charge on any atom is 0.153 e. The highest BCUT2D eigenvalue weighted by molar-refractivity contribution is 6.30. The van der Waals surface area contributed by atoms with Crippen LogP contribution >= 0.6 is 11.6 Å². The Labute approximate surface area is 111 Å². The van der Waals surface area contributed by atoms with Gasteiger partial charge in [-0.1, -0.05) is 29.8 Å². The summed E-state index contributed by atoms with van der Waals surface area (Å²) in [5, 5.41) is 0.794. The lowest BCUT2D eigenvalue weighted by atomic mass is 10.2. The minimum atomic E-state index is 0.514. The van der Waals surface area contributed by atoms with Crippen molar-refractivity contribution in [2.75, 3.05) is 12.8 Å². The molecule has 0 saturated carbocycles. The molecule has 0 fully saturated rings. The van der Waals surface area contributed by atoms with E-state index in [1.807, 2.05) is 30.3 Å². The molecular formula is C14H14ClNO2. The first kappa shape index (κ1) is 14.1. The van der Waals surface area contributed by atoms with Crippen LogP contribution in [0.2, 0.25) is 5.02 Å². The van der Waals surface area contributed by atoms with Gasteiger partial charge in [0.15, 0.2) is 6.29 Å². The highest BCUT2D eigenvalue weighted by Gasteiger charge is 1.99. The molecule has 0 aliphatic carbocycles. The van der Waals surface area contributed by atoms with Crippen LogP contribution < -0.4 is 10.5 Å². The lowest BCUT2D eigenvalue weighted by Gasteiger charge is -2.02. The normalized spacial score (nSPS) is 9.00. The molecule has 0 atom stereocenters. The third-order valence-corrected chi connectivity index (χ3v) is 2.37. The monoisotopic (exact) mass is 263 g/mol. The molecule has 2 aromatic carbocycles. The van der Waals surface area contributed by atoms with Gasteiger partial charge in [0, 0.05) is 16.8 Å². The van der Waals surface area contributed by atoms with E-state index in [0.29, 0.717) is 17.0 Å². The Bertz CT molecular complexity index is 500. The van der Waals surface area contributed by atoms with Gasteiger partial charge in [0.1, 0.15) is 5.75 Å². The third-order valence-electron chi connectivity index (χ3n) is 2.12. The highest BCUT2D eigenvalue weighted by Crippen LogP contribution is 2.19. The van der Waals surface area contributed by atoms with Crippen LogP contribution in [0.5, 0.6) is 5.75 Å². The highest BCUT2D eigenvalue weighted by atomic mass is 35.5. The van der Waals surface area contributed by atoms with Crippen LogP contribution in [-0.2, 0) is 0 Å². The van der Waals surface area contributed by atoms with E-state index in [1.54, 1.807) is 18.2 Å². The Balaban J connectivity index is 0.000000199. The Hall–Kier alpha value is -2.00. The van der Waals surface area contributed by atoms with Crippen molar-refractivity contribution in [3.05, 3.63) is 59.1 Å². The topological polar surface area (TPSA) is 52.3 Å². The molecule has 2 aromatic rings. The average Bonchev–Trinajstić information content (AvgIpc) is 2.40. The fourth-order valence-corrected chi connectivity index (χ4v) is 1.39. The van der Waals surface area contributed by atoms with E-state index < -0.39 is 0 Å². The Kier molecular flexibility index (Phi) is 5.74. The number of anilines is 1. The fourth-order valence-electron chi connectivity index (χ4n) is 1.24. The molecule has 18 heavy (non-hydrogen) atoms. The van der Waals surface area contributed by atoms with Gasteiger partial charge in [-0.2, -0.15) is 0 Å². The summed E-state index contributed by atoms with van der Waals surface area (Å²) in [4.78, 5) is 10.4. The summed E-state index contributed by atoms with van der Waals surface area (Å²) in [7, 11) is 1.50. The van der Waals surface area contributed by atoms with Crippen LogP contribution in [0.1, 0.15) is 10.4 Å². The van der Waals surface area contributed by atoms with Crippen LogP contribution in [0.3, 0.4) is 0 Å². The molecule has 0 aliphatic rings. The predicted molar refractivity (Wildman–Crippen MR) is 74.2 cm³/mol. The zero-order valence-electron chi connectivity index (χ0n) is 9.97. The van der Waals surface area contributed by atoms with Crippen LogP contribution in [0.4, 0.5) is 5.69 Å². The largest absolute Gasteiger partial charge is 0.496 e. The second-order valence-corrected chi connectivity index (χ2v) is 3.85. The number of benzene rings is 2. The van der Waals surface area contributed by atoms with Crippen LogP contribution in [0.25, 0.3) is 0 Å². The number of carbonyl (C=O) groups excluding carboxylic acids is 1. The molecule has 94 valence electrons. The molecule has 0 radical (unpaired) electrons. The Morgan fingerprint density at radius 1 is 1.17 bits per heavy atom. The van der Waals surface area contributed by atoms with E-state index in [-0.39, 0.29) is 0 Å². The quantitative estimate of drug-likeness (QED) is 0.667. The minimum absolute atomic E-state index is 0.514. The first-order valence-corrected chi connectivity index (χ1v) is 5.64. The van der Waals surface area contributed by atoms with E-state index in [9.17, 15) is 4.79 Å². The van der Waals surface area contributed by atoms with Gasteiger partial charge in [0.2, 0.25) is 0 Å². The van der Waals surface area contributed by atoms with Gasteiger partial charge in [-0.3, -0.25) is 4.79 Å². The molecule has 2 rings (SSSR count). The molecule has 0 aromatic heterocycles. The van der Waals surface area contributed by atoms with Gasteiger partial charge in [-0.25, -0.2) is 0 Å². The molecule has 0 saturated heterocycles. The molecule has 0 spiro atoms. The smallest absolute Gasteiger partial charge is 0.153 e. The summed E-state index contributed by atoms with van der Waals surface area (Å²) < 4.78 is 4.91. The Morgan fingerprint density at radius 2 is 1.83 bits per heavy atom. The molecule has 0 aliphatic heterocycles. The van der Waals surface area contributed by atoms with Gasteiger partial charge in [0.05, 0.1) is 12.7 Å². The van der Waals surface area contributed by atoms with Crippen molar-refractivity contribution in [2.45, 2.75) is 0 Å². The summed E-state index contributed by atoms with van der Waals surface area (Å²) >= 11 is 5.54. The maximum absolute atomic E-state index is 10.4. The summed E-state index contributed by atoms with van der Waals surface area (Å²) in [6.45, 7) is 0. The molecule has 0 heterocycles. The third kappa shape index (κ3) is 4.47. The van der Waals surface area contributed by atoms with Crippen molar-refractivity contribution in [2.24, 2.45) is 0 Å². The number of rotatable bonds is 2. The van der Waals surface area contributed by atoms with Gasteiger partial charge in [-0.05, 0) is 24.3 Å². The maximum atomic E-state index is 10.4. The number of nitrogen functional groups attached to an aromatic ring is 1. The number of ether oxygens (including phenoxy) is 1. The number of methoxy groups -OCH3 is 1. The number of halogens is 1. The second-order valence-electron chi connectivity index (χ2n) is 3.41. The van der Waals surface area contributed by atoms with E-state index in [2.05, 4.69) is 0 Å². The van der Waals surface area contributed by atoms with Crippen LogP contribution in [0.15, 0.2) is 48.5 Å². The SMILES string of the molecule is COc1cc(N)ccc1C=O.Clc1ccccc1. The minimum Gasteiger partial charge on any atom is -0.496 e. The zero-order chi connectivity index (χ0) is 13.4. The number of hydrogen-bond acceptors (Lipinski definition) is 3. The first-order chi connectivity index (χ1) is 8.67. The number of aldehydes is 1. The number of carbonyl (C=O) groups is 1. The first-order valence-electron chi connectivity index (χ1n) is 5.26. The molecule has 3 nitrogen and oxygen atoms in total. The standard InChI is InChI=1S/C8H9NO2.C6H5Cl/c1-11-8-4-7(9)3-2-6(8)5-10;7-6-4-2-1-3-5-6/h2-5H,9H2,1H3;1-5H. The fraction of sp³-hybridized carbons (Fsp3) is 0.0714. The number of hydrogen-bond donors (Lipinski definition) is 1. The Morgan fingerprint density at radius 3 is 2.28 bits per heavy atom. The summed E-state index contributed by atoms with van der Waals surface area (Å²) in [6.07, 6.45) is 0.734. The molecule has 0 unspecified atom stereocenters. The molecular weight excluding hydrogens is 250 g/mol. The van der Waals surface area contributed by atoms with Crippen molar-refractivity contribution in [1.29, 1.82) is 0 Å². The van der Waals surface area contributed by atoms with Crippen molar-refractivity contribution < 1.29 is 9.53 Å². The molecule has 2 N–H and O–H groups in total. The summed E-state index contributed by atoms with van der Waals surface area (Å²) in [6, 6.07) is 14.3. The van der Waals surface area contributed by atoms with Crippen LogP contribution in [0, 0.1) is 0 Å². The van der Waals surface area contributed by atoms with Crippen molar-refractivity contribution in [3.8, 4) is 5.75 Å². The van der Waals surface area contributed by atoms with Crippen LogP contribution in [-0.4, -0.2) is 13.4 Å². The predicted octanol–water partition coefficient (Wildman–Crippen LogP) is 3.43. The summed E-state index contributed by atoms with van der Waals surface area (Å²) in [5.74, 6) is 0.514. The lowest BCUT2D eigenvalue weighted by molar-refractivity contribution is 0.112. The average molecular weight is 264 g/mol. The summed E-state index contributed by atoms with van der Waals surface area (Å²) in [5.41, 5.74) is 6.57. The lowest BCUT2D eigenvalue weighted by Crippen LogP contribution is -1.92. The van der Waals surface area contributed by atoms with E-state index >= 15 is 0 Å².